The third kappa shape index (κ3) is 4.33. The van der Waals surface area contributed by atoms with E-state index in [0.717, 1.165) is 11.8 Å². The zero-order valence-electron chi connectivity index (χ0n) is 12.5. The quantitative estimate of drug-likeness (QED) is 0.919. The van der Waals surface area contributed by atoms with E-state index in [-0.39, 0.29) is 5.91 Å². The number of benzene rings is 2. The summed E-state index contributed by atoms with van der Waals surface area (Å²) in [5.74, 6) is -0.115. The van der Waals surface area contributed by atoms with Crippen LogP contribution in [0.2, 0.25) is 0 Å². The lowest BCUT2D eigenvalue weighted by Gasteiger charge is -2.16. The average Bonchev–Trinajstić information content (AvgIpc) is 2.47. The highest BCUT2D eigenvalue weighted by molar-refractivity contribution is 7.92. The Bertz CT molecular complexity index is 741. The van der Waals surface area contributed by atoms with Crippen LogP contribution >= 0.6 is 0 Å². The molecule has 0 atom stereocenters. The average molecular weight is 318 g/mol. The Morgan fingerprint density at radius 1 is 1.05 bits per heavy atom. The first-order valence-electron chi connectivity index (χ1n) is 6.74. The lowest BCUT2D eigenvalue weighted by atomic mass is 10.1. The molecule has 22 heavy (non-hydrogen) atoms. The summed E-state index contributed by atoms with van der Waals surface area (Å²) in [6.07, 6.45) is 1.44. The molecule has 2 aromatic rings. The van der Waals surface area contributed by atoms with Crippen LogP contribution in [0.25, 0.3) is 0 Å². The Balaban J connectivity index is 2.01. The molecule has 0 bridgehead atoms. The van der Waals surface area contributed by atoms with E-state index in [1.54, 1.807) is 24.3 Å². The summed E-state index contributed by atoms with van der Waals surface area (Å²) in [5.41, 5.74) is 2.11. The van der Waals surface area contributed by atoms with Crippen LogP contribution in [0.15, 0.2) is 54.6 Å². The highest BCUT2D eigenvalue weighted by Gasteiger charge is 2.11. The minimum Gasteiger partial charge on any atom is -0.326 e. The predicted octanol–water partition coefficient (Wildman–Crippen LogP) is 2.26. The molecule has 116 valence electrons. The first-order valence-corrected chi connectivity index (χ1v) is 8.59. The van der Waals surface area contributed by atoms with Gasteiger partial charge in [-0.05, 0) is 29.8 Å². The van der Waals surface area contributed by atoms with Crippen LogP contribution < -0.4 is 9.62 Å². The maximum atomic E-state index is 11.9. The van der Waals surface area contributed by atoms with Gasteiger partial charge >= 0.3 is 0 Å². The number of rotatable bonds is 5. The van der Waals surface area contributed by atoms with Gasteiger partial charge in [0.05, 0.1) is 18.4 Å². The lowest BCUT2D eigenvalue weighted by Crippen LogP contribution is -2.24. The van der Waals surface area contributed by atoms with Crippen molar-refractivity contribution in [2.24, 2.45) is 0 Å². The van der Waals surface area contributed by atoms with Crippen LogP contribution in [0.4, 0.5) is 11.4 Å². The van der Waals surface area contributed by atoms with Gasteiger partial charge in [-0.1, -0.05) is 30.3 Å². The van der Waals surface area contributed by atoms with E-state index < -0.39 is 10.0 Å². The summed E-state index contributed by atoms with van der Waals surface area (Å²) < 4.78 is 24.1. The maximum absolute atomic E-state index is 11.9. The molecule has 6 heteroatoms. The van der Waals surface area contributed by atoms with Crippen molar-refractivity contribution >= 4 is 27.3 Å². The van der Waals surface area contributed by atoms with Gasteiger partial charge < -0.3 is 5.32 Å². The Morgan fingerprint density at radius 2 is 1.64 bits per heavy atom. The molecule has 0 aliphatic carbocycles. The van der Waals surface area contributed by atoms with E-state index in [1.807, 2.05) is 30.3 Å². The fourth-order valence-electron chi connectivity index (χ4n) is 1.93. The summed E-state index contributed by atoms with van der Waals surface area (Å²) in [7, 11) is -1.80. The molecular weight excluding hydrogens is 300 g/mol. The van der Waals surface area contributed by atoms with E-state index >= 15 is 0 Å². The number of carbonyl (C=O) groups excluding carboxylic acids is 1. The van der Waals surface area contributed by atoms with E-state index in [1.165, 1.54) is 11.4 Å². The molecule has 1 N–H and O–H groups in total. The molecule has 0 saturated carbocycles. The molecule has 0 unspecified atom stereocenters. The molecule has 0 aromatic heterocycles. The summed E-state index contributed by atoms with van der Waals surface area (Å²) in [6, 6.07) is 16.1. The zero-order chi connectivity index (χ0) is 16.2. The minimum atomic E-state index is -3.29. The van der Waals surface area contributed by atoms with E-state index in [0.29, 0.717) is 17.8 Å². The first-order chi connectivity index (χ1) is 10.4. The number of carbonyl (C=O) groups is 1. The number of hydrogen-bond acceptors (Lipinski definition) is 3. The molecule has 0 aliphatic heterocycles. The van der Waals surface area contributed by atoms with Gasteiger partial charge in [0.1, 0.15) is 0 Å². The summed E-state index contributed by atoms with van der Waals surface area (Å²) >= 11 is 0. The highest BCUT2D eigenvalue weighted by atomic mass is 32.2. The Hall–Kier alpha value is -2.34. The third-order valence-corrected chi connectivity index (χ3v) is 4.43. The van der Waals surface area contributed by atoms with Gasteiger partial charge in [0.15, 0.2) is 0 Å². The van der Waals surface area contributed by atoms with Gasteiger partial charge in [-0.25, -0.2) is 8.42 Å². The van der Waals surface area contributed by atoms with Gasteiger partial charge in [0.25, 0.3) is 0 Å². The minimum absolute atomic E-state index is 0.115. The number of nitrogens with one attached hydrogen (secondary N) is 1. The number of sulfonamides is 1. The van der Waals surface area contributed by atoms with E-state index in [4.69, 9.17) is 0 Å². The van der Waals surface area contributed by atoms with Crippen LogP contribution in [0, 0.1) is 0 Å². The SMILES string of the molecule is CN(c1ccc(NC(=O)Cc2ccccc2)cc1)S(C)(=O)=O. The first kappa shape index (κ1) is 16.0. The monoisotopic (exact) mass is 318 g/mol. The molecule has 0 saturated heterocycles. The fourth-order valence-corrected chi connectivity index (χ4v) is 2.44. The molecular formula is C16H18N2O3S. The second kappa shape index (κ2) is 6.62. The topological polar surface area (TPSA) is 66.5 Å². The van der Waals surface area contributed by atoms with Crippen LogP contribution in [0.1, 0.15) is 5.56 Å². The van der Waals surface area contributed by atoms with Crippen molar-refractivity contribution in [2.45, 2.75) is 6.42 Å². The smallest absolute Gasteiger partial charge is 0.231 e. The number of nitrogens with zero attached hydrogens (tertiary/aromatic N) is 1. The van der Waals surface area contributed by atoms with E-state index in [2.05, 4.69) is 5.32 Å². The lowest BCUT2D eigenvalue weighted by molar-refractivity contribution is -0.115. The van der Waals surface area contributed by atoms with E-state index in [9.17, 15) is 13.2 Å². The van der Waals surface area contributed by atoms with Crippen molar-refractivity contribution in [3.63, 3.8) is 0 Å². The molecule has 0 heterocycles. The summed E-state index contributed by atoms with van der Waals surface area (Å²) in [5, 5.41) is 2.79. The second-order valence-electron chi connectivity index (χ2n) is 4.99. The largest absolute Gasteiger partial charge is 0.326 e. The van der Waals surface area contributed by atoms with Crippen molar-refractivity contribution in [1.82, 2.24) is 0 Å². The normalized spacial score (nSPS) is 11.0. The number of amides is 1. The van der Waals surface area contributed by atoms with Gasteiger partial charge in [0.2, 0.25) is 15.9 Å². The van der Waals surface area contributed by atoms with Crippen LogP contribution in [0.5, 0.6) is 0 Å². The van der Waals surface area contributed by atoms with Gasteiger partial charge in [0, 0.05) is 12.7 Å². The molecule has 0 spiro atoms. The van der Waals surface area contributed by atoms with Crippen LogP contribution in [-0.2, 0) is 21.2 Å². The molecule has 0 radical (unpaired) electrons. The molecule has 1 amide bonds. The number of anilines is 2. The molecule has 0 fully saturated rings. The number of hydrogen-bond donors (Lipinski definition) is 1. The van der Waals surface area contributed by atoms with Gasteiger partial charge in [-0.15, -0.1) is 0 Å². The molecule has 0 aliphatic rings. The van der Waals surface area contributed by atoms with Crippen molar-refractivity contribution in [2.75, 3.05) is 22.9 Å². The van der Waals surface area contributed by atoms with Crippen molar-refractivity contribution in [1.29, 1.82) is 0 Å². The van der Waals surface area contributed by atoms with Gasteiger partial charge in [-0.3, -0.25) is 9.10 Å². The van der Waals surface area contributed by atoms with Crippen LogP contribution in [0.3, 0.4) is 0 Å². The Labute approximate surface area is 130 Å². The third-order valence-electron chi connectivity index (χ3n) is 3.22. The predicted molar refractivity (Wildman–Crippen MR) is 88.5 cm³/mol. The fraction of sp³-hybridized carbons (Fsp3) is 0.188. The van der Waals surface area contributed by atoms with Gasteiger partial charge in [-0.2, -0.15) is 0 Å². The Kier molecular flexibility index (Phi) is 4.82. The van der Waals surface area contributed by atoms with Crippen LogP contribution in [-0.4, -0.2) is 27.6 Å². The summed E-state index contributed by atoms with van der Waals surface area (Å²) in [4.78, 5) is 11.9. The van der Waals surface area contributed by atoms with Crippen molar-refractivity contribution in [3.8, 4) is 0 Å². The summed E-state index contributed by atoms with van der Waals surface area (Å²) in [6.45, 7) is 0. The molecule has 2 aromatic carbocycles. The maximum Gasteiger partial charge on any atom is 0.231 e. The highest BCUT2D eigenvalue weighted by Crippen LogP contribution is 2.19. The Morgan fingerprint density at radius 3 is 2.18 bits per heavy atom. The zero-order valence-corrected chi connectivity index (χ0v) is 13.3. The molecule has 5 nitrogen and oxygen atoms in total. The standard InChI is InChI=1S/C16H18N2O3S/c1-18(22(2,20)21)15-10-8-14(9-11-15)17-16(19)12-13-6-4-3-5-7-13/h3-11H,12H2,1-2H3,(H,17,19). The van der Waals surface area contributed by atoms with Crippen molar-refractivity contribution in [3.05, 3.63) is 60.2 Å². The second-order valence-corrected chi connectivity index (χ2v) is 7.00. The molecule has 2 rings (SSSR count). The van der Waals surface area contributed by atoms with Crippen molar-refractivity contribution < 1.29 is 13.2 Å².